The fraction of sp³-hybridized carbons (Fsp3) is 0.375. The highest BCUT2D eigenvalue weighted by molar-refractivity contribution is 6.00. The third-order valence-electron chi connectivity index (χ3n) is 6.48. The van der Waals surface area contributed by atoms with Gasteiger partial charge in [-0.15, -0.1) is 0 Å². The number of fused-ring (bicyclic) bond motifs is 1. The predicted molar refractivity (Wildman–Crippen MR) is 116 cm³/mol. The summed E-state index contributed by atoms with van der Waals surface area (Å²) in [7, 11) is 0. The number of imidazole rings is 1. The van der Waals surface area contributed by atoms with E-state index >= 15 is 0 Å². The highest BCUT2D eigenvalue weighted by Gasteiger charge is 2.38. The fourth-order valence-electron chi connectivity index (χ4n) is 4.77. The number of amides is 2. The summed E-state index contributed by atoms with van der Waals surface area (Å²) >= 11 is 0. The molecule has 0 aliphatic carbocycles. The van der Waals surface area contributed by atoms with E-state index in [9.17, 15) is 9.59 Å². The van der Waals surface area contributed by atoms with Crippen LogP contribution < -0.4 is 4.90 Å². The molecule has 1 atom stereocenters. The van der Waals surface area contributed by atoms with Crippen LogP contribution in [0.25, 0.3) is 11.0 Å². The Morgan fingerprint density at radius 2 is 1.80 bits per heavy atom. The molecule has 5 rings (SSSR count). The van der Waals surface area contributed by atoms with Crippen molar-refractivity contribution < 1.29 is 9.59 Å². The van der Waals surface area contributed by atoms with Gasteiger partial charge in [-0.1, -0.05) is 30.3 Å². The van der Waals surface area contributed by atoms with E-state index in [1.54, 1.807) is 4.90 Å². The molecule has 0 saturated carbocycles. The molecule has 2 aliphatic rings. The number of aromatic nitrogens is 2. The van der Waals surface area contributed by atoms with Crippen molar-refractivity contribution >= 4 is 28.5 Å². The minimum absolute atomic E-state index is 0.0415. The number of carbonyl (C=O) groups is 2. The molecule has 6 nitrogen and oxygen atoms in total. The molecule has 0 bridgehead atoms. The van der Waals surface area contributed by atoms with Crippen molar-refractivity contribution in [1.82, 2.24) is 14.9 Å². The summed E-state index contributed by atoms with van der Waals surface area (Å²) in [6, 6.07) is 15.9. The van der Waals surface area contributed by atoms with Gasteiger partial charge in [0.05, 0.1) is 17.0 Å². The van der Waals surface area contributed by atoms with Crippen molar-refractivity contribution in [3.63, 3.8) is 0 Å². The molecular weight excluding hydrogens is 376 g/mol. The molecule has 2 fully saturated rings. The molecule has 154 valence electrons. The van der Waals surface area contributed by atoms with E-state index in [1.165, 1.54) is 0 Å². The number of benzene rings is 2. The third-order valence-corrected chi connectivity index (χ3v) is 6.48. The average Bonchev–Trinajstić information content (AvgIpc) is 3.37. The van der Waals surface area contributed by atoms with Crippen molar-refractivity contribution in [1.29, 1.82) is 0 Å². The van der Waals surface area contributed by atoms with Gasteiger partial charge in [-0.3, -0.25) is 9.59 Å². The Bertz CT molecular complexity index is 1060. The van der Waals surface area contributed by atoms with Crippen LogP contribution in [0.1, 0.15) is 36.6 Å². The number of anilines is 1. The largest absolute Gasteiger partial charge is 0.342 e. The van der Waals surface area contributed by atoms with E-state index in [4.69, 9.17) is 4.98 Å². The molecule has 0 radical (unpaired) electrons. The molecule has 2 aromatic carbocycles. The van der Waals surface area contributed by atoms with E-state index in [0.717, 1.165) is 54.0 Å². The maximum absolute atomic E-state index is 13.1. The molecule has 2 amide bonds. The Hall–Kier alpha value is -3.15. The Balaban J connectivity index is 1.23. The van der Waals surface area contributed by atoms with E-state index in [2.05, 4.69) is 4.98 Å². The first-order valence-electron chi connectivity index (χ1n) is 10.7. The van der Waals surface area contributed by atoms with Crippen LogP contribution >= 0.6 is 0 Å². The van der Waals surface area contributed by atoms with Crippen LogP contribution in [0.2, 0.25) is 0 Å². The zero-order valence-corrected chi connectivity index (χ0v) is 17.2. The summed E-state index contributed by atoms with van der Waals surface area (Å²) in [6.07, 6.45) is 2.10. The van der Waals surface area contributed by atoms with Crippen LogP contribution in [0, 0.1) is 12.8 Å². The van der Waals surface area contributed by atoms with E-state index in [0.29, 0.717) is 18.9 Å². The lowest BCUT2D eigenvalue weighted by molar-refractivity contribution is -0.136. The first-order valence-corrected chi connectivity index (χ1v) is 10.7. The number of H-pyrrole nitrogens is 1. The van der Waals surface area contributed by atoms with Gasteiger partial charge in [0, 0.05) is 37.7 Å². The summed E-state index contributed by atoms with van der Waals surface area (Å²) in [5.41, 5.74) is 4.03. The van der Waals surface area contributed by atoms with Gasteiger partial charge in [-0.2, -0.15) is 0 Å². The van der Waals surface area contributed by atoms with E-state index in [-0.39, 0.29) is 17.7 Å². The number of aromatic amines is 1. The lowest BCUT2D eigenvalue weighted by Crippen LogP contribution is -2.42. The van der Waals surface area contributed by atoms with Gasteiger partial charge in [0.2, 0.25) is 11.8 Å². The first kappa shape index (κ1) is 18.9. The number of hydrogen-bond donors (Lipinski definition) is 1. The van der Waals surface area contributed by atoms with Crippen LogP contribution in [0.3, 0.4) is 0 Å². The first-order chi connectivity index (χ1) is 14.6. The maximum Gasteiger partial charge on any atom is 0.228 e. The normalized spacial score (nSPS) is 20.3. The standard InChI is InChI=1S/C24H26N4O2/c1-16-6-2-5-9-21(16)28-15-18(14-22(28)29)24(30)27-12-10-17(11-13-27)23-25-19-7-3-4-8-20(19)26-23/h2-9,17-18H,10-15H2,1H3,(H,25,26). The van der Waals surface area contributed by atoms with Gasteiger partial charge in [-0.25, -0.2) is 4.98 Å². The molecular formula is C24H26N4O2. The van der Waals surface area contributed by atoms with Gasteiger partial charge in [0.25, 0.3) is 0 Å². The molecule has 1 unspecified atom stereocenters. The number of rotatable bonds is 3. The zero-order valence-electron chi connectivity index (χ0n) is 17.2. The Morgan fingerprint density at radius 3 is 2.57 bits per heavy atom. The SMILES string of the molecule is Cc1ccccc1N1CC(C(=O)N2CCC(c3nc4ccccc4[nH]3)CC2)CC1=O. The van der Waals surface area contributed by atoms with Gasteiger partial charge in [-0.05, 0) is 43.5 Å². The van der Waals surface area contributed by atoms with Crippen molar-refractivity contribution in [3.05, 3.63) is 59.9 Å². The maximum atomic E-state index is 13.1. The van der Waals surface area contributed by atoms with Crippen molar-refractivity contribution in [2.75, 3.05) is 24.5 Å². The highest BCUT2D eigenvalue weighted by atomic mass is 16.2. The average molecular weight is 402 g/mol. The molecule has 3 heterocycles. The van der Waals surface area contributed by atoms with Crippen molar-refractivity contribution in [3.8, 4) is 0 Å². The second-order valence-corrected chi connectivity index (χ2v) is 8.43. The monoisotopic (exact) mass is 402 g/mol. The van der Waals surface area contributed by atoms with Gasteiger partial charge in [0.15, 0.2) is 0 Å². The van der Waals surface area contributed by atoms with Crippen LogP contribution in [0.15, 0.2) is 48.5 Å². The molecule has 0 spiro atoms. The summed E-state index contributed by atoms with van der Waals surface area (Å²) in [5.74, 6) is 1.27. The smallest absolute Gasteiger partial charge is 0.228 e. The molecule has 1 aromatic heterocycles. The highest BCUT2D eigenvalue weighted by Crippen LogP contribution is 2.32. The minimum Gasteiger partial charge on any atom is -0.342 e. The van der Waals surface area contributed by atoms with Crippen molar-refractivity contribution in [2.24, 2.45) is 5.92 Å². The molecule has 2 aliphatic heterocycles. The number of aryl methyl sites for hydroxylation is 1. The Labute approximate surface area is 175 Å². The number of piperidine rings is 1. The number of para-hydroxylation sites is 3. The Kier molecular flexibility index (Phi) is 4.77. The number of likely N-dealkylation sites (tertiary alicyclic amines) is 1. The number of hydrogen-bond acceptors (Lipinski definition) is 3. The topological polar surface area (TPSA) is 69.3 Å². The van der Waals surface area contributed by atoms with E-state index in [1.807, 2.05) is 60.4 Å². The number of carbonyl (C=O) groups excluding carboxylic acids is 2. The zero-order chi connectivity index (χ0) is 20.7. The molecule has 30 heavy (non-hydrogen) atoms. The van der Waals surface area contributed by atoms with Gasteiger partial charge >= 0.3 is 0 Å². The molecule has 3 aromatic rings. The third kappa shape index (κ3) is 3.36. The molecule has 2 saturated heterocycles. The molecule has 1 N–H and O–H groups in total. The van der Waals surface area contributed by atoms with Crippen LogP contribution in [0.5, 0.6) is 0 Å². The van der Waals surface area contributed by atoms with Crippen LogP contribution in [-0.4, -0.2) is 46.3 Å². The lowest BCUT2D eigenvalue weighted by atomic mass is 9.95. The molecule has 6 heteroatoms. The summed E-state index contributed by atoms with van der Waals surface area (Å²) in [4.78, 5) is 37.6. The van der Waals surface area contributed by atoms with Crippen molar-refractivity contribution in [2.45, 2.75) is 32.1 Å². The second kappa shape index (κ2) is 7.59. The van der Waals surface area contributed by atoms with Gasteiger partial charge < -0.3 is 14.8 Å². The summed E-state index contributed by atoms with van der Waals surface area (Å²) in [5, 5.41) is 0. The van der Waals surface area contributed by atoms with Gasteiger partial charge in [0.1, 0.15) is 5.82 Å². The number of nitrogens with one attached hydrogen (secondary N) is 1. The summed E-state index contributed by atoms with van der Waals surface area (Å²) < 4.78 is 0. The summed E-state index contributed by atoms with van der Waals surface area (Å²) in [6.45, 7) is 3.91. The fourth-order valence-corrected chi connectivity index (χ4v) is 4.77. The number of nitrogens with zero attached hydrogens (tertiary/aromatic N) is 3. The quantitative estimate of drug-likeness (QED) is 0.727. The Morgan fingerprint density at radius 1 is 1.07 bits per heavy atom. The minimum atomic E-state index is -0.250. The van der Waals surface area contributed by atoms with Crippen LogP contribution in [-0.2, 0) is 9.59 Å². The van der Waals surface area contributed by atoms with Crippen LogP contribution in [0.4, 0.5) is 5.69 Å². The van der Waals surface area contributed by atoms with E-state index < -0.39 is 0 Å². The predicted octanol–water partition coefficient (Wildman–Crippen LogP) is 3.63. The second-order valence-electron chi connectivity index (χ2n) is 8.43. The lowest BCUT2D eigenvalue weighted by Gasteiger charge is -2.32.